The van der Waals surface area contributed by atoms with Crippen LogP contribution in [0.3, 0.4) is 0 Å². The number of nitrogens with zero attached hydrogens (tertiary/aromatic N) is 1. The summed E-state index contributed by atoms with van der Waals surface area (Å²) in [5, 5.41) is 14.0. The number of halogens is 1. The molecule has 0 saturated heterocycles. The Labute approximate surface area is 112 Å². The number of nitro benzene ring substituents is 1. The van der Waals surface area contributed by atoms with E-state index in [9.17, 15) is 14.5 Å². The lowest BCUT2D eigenvalue weighted by atomic mass is 10.0. The summed E-state index contributed by atoms with van der Waals surface area (Å²) in [6.45, 7) is 0.729. The van der Waals surface area contributed by atoms with Crippen LogP contribution in [0.15, 0.2) is 18.2 Å². The van der Waals surface area contributed by atoms with E-state index in [2.05, 4.69) is 5.32 Å². The molecule has 1 aromatic rings. The average molecular weight is 266 g/mol. The lowest BCUT2D eigenvalue weighted by Crippen LogP contribution is -2.14. The van der Waals surface area contributed by atoms with Crippen LogP contribution in [0.4, 0.5) is 15.8 Å². The van der Waals surface area contributed by atoms with Gasteiger partial charge in [0.25, 0.3) is 5.69 Å². The van der Waals surface area contributed by atoms with Gasteiger partial charge in [-0.25, -0.2) is 4.39 Å². The standard InChI is InChI=1S/C14H19FN2O2/c15-12-7-8-13(14(9-12)17(18)19)16-10-11-5-3-1-2-4-6-11/h7-9,11,16H,1-6,10H2. The summed E-state index contributed by atoms with van der Waals surface area (Å²) in [6, 6.07) is 3.67. The number of hydrogen-bond acceptors (Lipinski definition) is 3. The maximum absolute atomic E-state index is 13.0. The van der Waals surface area contributed by atoms with Gasteiger partial charge in [-0.3, -0.25) is 10.1 Å². The van der Waals surface area contributed by atoms with Crippen LogP contribution in [-0.2, 0) is 0 Å². The molecule has 0 amide bonds. The number of rotatable bonds is 4. The van der Waals surface area contributed by atoms with Gasteiger partial charge in [-0.2, -0.15) is 0 Å². The number of hydrogen-bond donors (Lipinski definition) is 1. The van der Waals surface area contributed by atoms with Crippen LogP contribution in [0.5, 0.6) is 0 Å². The molecule has 19 heavy (non-hydrogen) atoms. The molecule has 0 aliphatic heterocycles. The maximum atomic E-state index is 13.0. The summed E-state index contributed by atoms with van der Waals surface area (Å²) in [5.41, 5.74) is 0.226. The number of anilines is 1. The minimum Gasteiger partial charge on any atom is -0.379 e. The smallest absolute Gasteiger partial charge is 0.295 e. The first kappa shape index (κ1) is 13.8. The molecule has 5 heteroatoms. The van der Waals surface area contributed by atoms with Crippen molar-refractivity contribution in [1.29, 1.82) is 0 Å². The minimum absolute atomic E-state index is 0.186. The van der Waals surface area contributed by atoms with Crippen molar-refractivity contribution < 1.29 is 9.31 Å². The van der Waals surface area contributed by atoms with Crippen molar-refractivity contribution >= 4 is 11.4 Å². The van der Waals surface area contributed by atoms with E-state index in [1.807, 2.05) is 0 Å². The summed E-state index contributed by atoms with van der Waals surface area (Å²) in [7, 11) is 0. The third kappa shape index (κ3) is 3.91. The zero-order valence-corrected chi connectivity index (χ0v) is 10.9. The highest BCUT2D eigenvalue weighted by molar-refractivity contribution is 5.61. The summed E-state index contributed by atoms with van der Waals surface area (Å²) >= 11 is 0. The molecule has 1 aromatic carbocycles. The van der Waals surface area contributed by atoms with Gasteiger partial charge >= 0.3 is 0 Å². The first-order chi connectivity index (χ1) is 9.16. The normalized spacial score (nSPS) is 16.9. The Hall–Kier alpha value is -1.65. The van der Waals surface area contributed by atoms with E-state index in [0.717, 1.165) is 12.6 Å². The van der Waals surface area contributed by atoms with Crippen LogP contribution in [0, 0.1) is 21.8 Å². The van der Waals surface area contributed by atoms with E-state index in [4.69, 9.17) is 0 Å². The molecule has 1 aliphatic carbocycles. The lowest BCUT2D eigenvalue weighted by molar-refractivity contribution is -0.384. The maximum Gasteiger partial charge on any atom is 0.295 e. The van der Waals surface area contributed by atoms with Gasteiger partial charge in [-0.15, -0.1) is 0 Å². The van der Waals surface area contributed by atoms with Crippen LogP contribution >= 0.6 is 0 Å². The average Bonchev–Trinajstić information content (AvgIpc) is 2.65. The zero-order valence-electron chi connectivity index (χ0n) is 10.9. The van der Waals surface area contributed by atoms with Gasteiger partial charge in [-0.1, -0.05) is 25.7 Å². The van der Waals surface area contributed by atoms with Crippen molar-refractivity contribution in [3.05, 3.63) is 34.1 Å². The van der Waals surface area contributed by atoms with Gasteiger partial charge in [0.15, 0.2) is 0 Å². The van der Waals surface area contributed by atoms with E-state index >= 15 is 0 Å². The summed E-state index contributed by atoms with van der Waals surface area (Å²) < 4.78 is 13.0. The second-order valence-electron chi connectivity index (χ2n) is 5.16. The molecule has 0 atom stereocenters. The second-order valence-corrected chi connectivity index (χ2v) is 5.16. The molecular weight excluding hydrogens is 247 g/mol. The molecule has 0 unspecified atom stereocenters. The quantitative estimate of drug-likeness (QED) is 0.506. The summed E-state index contributed by atoms with van der Waals surface area (Å²) in [4.78, 5) is 10.3. The molecule has 0 radical (unpaired) electrons. The fourth-order valence-electron chi connectivity index (χ4n) is 2.63. The Morgan fingerprint density at radius 3 is 2.58 bits per heavy atom. The van der Waals surface area contributed by atoms with Crippen LogP contribution in [0.25, 0.3) is 0 Å². The molecule has 0 bridgehead atoms. The Morgan fingerprint density at radius 1 is 1.26 bits per heavy atom. The highest BCUT2D eigenvalue weighted by Crippen LogP contribution is 2.27. The summed E-state index contributed by atoms with van der Waals surface area (Å²) in [5.74, 6) is -0.0149. The molecule has 0 aromatic heterocycles. The van der Waals surface area contributed by atoms with Crippen LogP contribution in [0.1, 0.15) is 38.5 Å². The van der Waals surface area contributed by atoms with E-state index in [0.29, 0.717) is 11.6 Å². The molecule has 104 valence electrons. The Kier molecular flexibility index (Phi) is 4.71. The van der Waals surface area contributed by atoms with E-state index in [1.54, 1.807) is 0 Å². The van der Waals surface area contributed by atoms with Crippen LogP contribution in [-0.4, -0.2) is 11.5 Å². The van der Waals surface area contributed by atoms with Crippen LogP contribution in [0.2, 0.25) is 0 Å². The first-order valence-electron chi connectivity index (χ1n) is 6.84. The van der Waals surface area contributed by atoms with Crippen molar-refractivity contribution in [3.63, 3.8) is 0 Å². The molecule has 4 nitrogen and oxygen atoms in total. The Bertz CT molecular complexity index is 443. The number of benzene rings is 1. The Morgan fingerprint density at radius 2 is 1.95 bits per heavy atom. The fourth-order valence-corrected chi connectivity index (χ4v) is 2.63. The lowest BCUT2D eigenvalue weighted by Gasteiger charge is -2.15. The predicted molar refractivity (Wildman–Crippen MR) is 72.7 cm³/mol. The molecule has 0 heterocycles. The third-order valence-corrected chi connectivity index (χ3v) is 3.71. The third-order valence-electron chi connectivity index (χ3n) is 3.71. The number of nitrogens with one attached hydrogen (secondary N) is 1. The van der Waals surface area contributed by atoms with Gasteiger partial charge in [0, 0.05) is 6.54 Å². The largest absolute Gasteiger partial charge is 0.379 e. The highest BCUT2D eigenvalue weighted by atomic mass is 19.1. The van der Waals surface area contributed by atoms with Crippen molar-refractivity contribution in [2.24, 2.45) is 5.92 Å². The van der Waals surface area contributed by atoms with Crippen molar-refractivity contribution in [1.82, 2.24) is 0 Å². The first-order valence-corrected chi connectivity index (χ1v) is 6.84. The number of nitro groups is 1. The van der Waals surface area contributed by atoms with Gasteiger partial charge in [0.05, 0.1) is 11.0 Å². The van der Waals surface area contributed by atoms with E-state index in [-0.39, 0.29) is 5.69 Å². The van der Waals surface area contributed by atoms with Gasteiger partial charge in [0.1, 0.15) is 11.5 Å². The van der Waals surface area contributed by atoms with Crippen LogP contribution < -0.4 is 5.32 Å². The molecule has 1 aliphatic rings. The monoisotopic (exact) mass is 266 g/mol. The topological polar surface area (TPSA) is 55.2 Å². The van der Waals surface area contributed by atoms with Crippen molar-refractivity contribution in [3.8, 4) is 0 Å². The van der Waals surface area contributed by atoms with Gasteiger partial charge in [-0.05, 0) is 30.9 Å². The molecular formula is C14H19FN2O2. The summed E-state index contributed by atoms with van der Waals surface area (Å²) in [6.07, 6.45) is 7.38. The van der Waals surface area contributed by atoms with Gasteiger partial charge < -0.3 is 5.32 Å². The highest BCUT2D eigenvalue weighted by Gasteiger charge is 2.17. The van der Waals surface area contributed by atoms with Crippen molar-refractivity contribution in [2.75, 3.05) is 11.9 Å². The fraction of sp³-hybridized carbons (Fsp3) is 0.571. The molecule has 2 rings (SSSR count). The SMILES string of the molecule is O=[N+]([O-])c1cc(F)ccc1NCC1CCCCCC1. The zero-order chi connectivity index (χ0) is 13.7. The van der Waals surface area contributed by atoms with E-state index in [1.165, 1.54) is 50.7 Å². The molecule has 0 spiro atoms. The predicted octanol–water partition coefficient (Wildman–Crippen LogP) is 4.12. The molecule has 1 saturated carbocycles. The Balaban J connectivity index is 2.00. The minimum atomic E-state index is -0.577. The van der Waals surface area contributed by atoms with E-state index < -0.39 is 10.7 Å². The molecule has 1 fully saturated rings. The molecule has 1 N–H and O–H groups in total. The van der Waals surface area contributed by atoms with Crippen molar-refractivity contribution in [2.45, 2.75) is 38.5 Å². The van der Waals surface area contributed by atoms with Gasteiger partial charge in [0.2, 0.25) is 0 Å². The second kappa shape index (κ2) is 6.50.